The normalized spacial score (nSPS) is 17.2. The number of anilines is 2. The molecule has 3 N–H and O–H groups in total. The maximum absolute atomic E-state index is 14.8. The quantitative estimate of drug-likeness (QED) is 0.335. The number of halogens is 1. The van der Waals surface area contributed by atoms with Crippen molar-refractivity contribution < 1.29 is 28.1 Å². The first-order chi connectivity index (χ1) is 17.2. The largest absolute Gasteiger partial charge is 0.359 e. The molecule has 0 spiro atoms. The molecule has 5 amide bonds. The van der Waals surface area contributed by atoms with Gasteiger partial charge in [0.05, 0.1) is 12.1 Å². The van der Waals surface area contributed by atoms with Crippen LogP contribution < -0.4 is 16.0 Å². The molecule has 10 nitrogen and oxygen atoms in total. The van der Waals surface area contributed by atoms with Crippen LogP contribution >= 0.6 is 0 Å². The lowest BCUT2D eigenvalue weighted by Gasteiger charge is -2.25. The molecule has 0 radical (unpaired) electrons. The number of hydrogen-bond acceptors (Lipinski definition) is 6. The number of hydrogen-bond donors (Lipinski definition) is 3. The van der Waals surface area contributed by atoms with E-state index in [0.29, 0.717) is 22.7 Å². The molecule has 2 aromatic carbocycles. The zero-order chi connectivity index (χ0) is 26.0. The molecular weight excluding hydrogens is 469 g/mol. The van der Waals surface area contributed by atoms with Crippen LogP contribution in [0.2, 0.25) is 0 Å². The SMILES string of the molecule is CCC1(c2ccccc2)NC(=O)N(CC(=O)c2ccc(NC(=O)Nc3c(C)noc3C)cc2F)C1=O. The highest BCUT2D eigenvalue weighted by Crippen LogP contribution is 2.32. The number of nitrogens with one attached hydrogen (secondary N) is 3. The monoisotopic (exact) mass is 493 g/mol. The van der Waals surface area contributed by atoms with Crippen LogP contribution in [0.5, 0.6) is 0 Å². The van der Waals surface area contributed by atoms with E-state index in [4.69, 9.17) is 4.52 Å². The van der Waals surface area contributed by atoms with Gasteiger partial charge in [0.2, 0.25) is 0 Å². The standard InChI is InChI=1S/C25H24FN5O5/c1-4-25(16-8-6-5-7-9-16)22(33)31(24(35)29-25)13-20(32)18-11-10-17(12-19(18)26)27-23(34)28-21-14(2)30-36-15(21)3/h5-12H,4,13H2,1-3H3,(H,29,35)(H2,27,28,34). The van der Waals surface area contributed by atoms with Gasteiger partial charge in [0.15, 0.2) is 11.5 Å². The van der Waals surface area contributed by atoms with Crippen LogP contribution in [0.1, 0.15) is 40.7 Å². The first kappa shape index (κ1) is 24.6. The second-order valence-corrected chi connectivity index (χ2v) is 8.34. The number of aryl methyl sites for hydroxylation is 2. The Morgan fingerprint density at radius 1 is 1.11 bits per heavy atom. The molecule has 3 aromatic rings. The molecule has 1 aliphatic heterocycles. The minimum absolute atomic E-state index is 0.0948. The molecule has 4 rings (SSSR count). The van der Waals surface area contributed by atoms with Crippen LogP contribution in [-0.2, 0) is 10.3 Å². The number of rotatable bonds is 7. The summed E-state index contributed by atoms with van der Waals surface area (Å²) in [5.74, 6) is -1.84. The van der Waals surface area contributed by atoms with Gasteiger partial charge < -0.3 is 20.5 Å². The second kappa shape index (κ2) is 9.61. The average Bonchev–Trinajstić information content (AvgIpc) is 3.30. The molecule has 0 saturated carbocycles. The zero-order valence-corrected chi connectivity index (χ0v) is 19.8. The lowest BCUT2D eigenvalue weighted by atomic mass is 9.87. The molecule has 1 fully saturated rings. The Morgan fingerprint density at radius 3 is 2.44 bits per heavy atom. The molecule has 2 heterocycles. The summed E-state index contributed by atoms with van der Waals surface area (Å²) in [5, 5.41) is 11.5. The Kier molecular flexibility index (Phi) is 6.56. The van der Waals surface area contributed by atoms with Gasteiger partial charge in [-0.2, -0.15) is 0 Å². The Balaban J connectivity index is 1.46. The molecule has 1 atom stereocenters. The van der Waals surface area contributed by atoms with Crippen molar-refractivity contribution in [1.82, 2.24) is 15.4 Å². The summed E-state index contributed by atoms with van der Waals surface area (Å²) in [6, 6.07) is 10.9. The number of carbonyl (C=O) groups is 4. The highest BCUT2D eigenvalue weighted by Gasteiger charge is 2.51. The Morgan fingerprint density at radius 2 is 1.83 bits per heavy atom. The van der Waals surface area contributed by atoms with Crippen molar-refractivity contribution in [2.45, 2.75) is 32.7 Å². The van der Waals surface area contributed by atoms with E-state index in [2.05, 4.69) is 21.1 Å². The summed E-state index contributed by atoms with van der Waals surface area (Å²) in [6.45, 7) is 4.41. The van der Waals surface area contributed by atoms with Crippen LogP contribution in [-0.4, -0.2) is 40.4 Å². The first-order valence-corrected chi connectivity index (χ1v) is 11.2. The van der Waals surface area contributed by atoms with Gasteiger partial charge in [0, 0.05) is 5.69 Å². The van der Waals surface area contributed by atoms with Gasteiger partial charge in [-0.25, -0.2) is 14.0 Å². The Hall–Kier alpha value is -4.54. The van der Waals surface area contributed by atoms with Crippen LogP contribution in [0.3, 0.4) is 0 Å². The number of ketones is 1. The van der Waals surface area contributed by atoms with Crippen molar-refractivity contribution in [3.63, 3.8) is 0 Å². The van der Waals surface area contributed by atoms with E-state index < -0.39 is 41.7 Å². The summed E-state index contributed by atoms with van der Waals surface area (Å²) in [6.07, 6.45) is 0.275. The van der Waals surface area contributed by atoms with Gasteiger partial charge in [0.25, 0.3) is 5.91 Å². The maximum atomic E-state index is 14.8. The van der Waals surface area contributed by atoms with Gasteiger partial charge in [-0.1, -0.05) is 42.4 Å². The second-order valence-electron chi connectivity index (χ2n) is 8.34. The number of aromatic nitrogens is 1. The van der Waals surface area contributed by atoms with E-state index in [9.17, 15) is 23.6 Å². The van der Waals surface area contributed by atoms with Crippen molar-refractivity contribution in [2.24, 2.45) is 0 Å². The number of benzene rings is 2. The number of amides is 5. The van der Waals surface area contributed by atoms with Gasteiger partial charge in [-0.3, -0.25) is 14.5 Å². The summed E-state index contributed by atoms with van der Waals surface area (Å²) in [5.41, 5.74) is -0.0447. The number of imide groups is 1. The van der Waals surface area contributed by atoms with E-state index in [1.807, 2.05) is 0 Å². The zero-order valence-electron chi connectivity index (χ0n) is 19.8. The highest BCUT2D eigenvalue weighted by molar-refractivity contribution is 6.11. The molecule has 0 bridgehead atoms. The van der Waals surface area contributed by atoms with Crippen molar-refractivity contribution in [2.75, 3.05) is 17.2 Å². The molecule has 1 saturated heterocycles. The fourth-order valence-electron chi connectivity index (χ4n) is 4.12. The number of Topliss-reactive ketones (excluding diaryl/α,β-unsaturated/α-hetero) is 1. The predicted octanol–water partition coefficient (Wildman–Crippen LogP) is 4.11. The summed E-state index contributed by atoms with van der Waals surface area (Å²) in [4.78, 5) is 51.7. The van der Waals surface area contributed by atoms with Crippen molar-refractivity contribution in [1.29, 1.82) is 0 Å². The lowest BCUT2D eigenvalue weighted by molar-refractivity contribution is -0.131. The number of carbonyl (C=O) groups excluding carboxylic acids is 4. The van der Waals surface area contributed by atoms with Crippen molar-refractivity contribution >= 4 is 35.1 Å². The van der Waals surface area contributed by atoms with Crippen LogP contribution in [0.4, 0.5) is 25.4 Å². The fourth-order valence-corrected chi connectivity index (χ4v) is 4.12. The predicted molar refractivity (Wildman–Crippen MR) is 128 cm³/mol. The van der Waals surface area contributed by atoms with E-state index in [1.54, 1.807) is 51.1 Å². The topological polar surface area (TPSA) is 134 Å². The van der Waals surface area contributed by atoms with Crippen LogP contribution in [0, 0.1) is 19.7 Å². The molecule has 36 heavy (non-hydrogen) atoms. The number of urea groups is 2. The van der Waals surface area contributed by atoms with Gasteiger partial charge >= 0.3 is 12.1 Å². The van der Waals surface area contributed by atoms with Gasteiger partial charge in [-0.15, -0.1) is 0 Å². The third-order valence-electron chi connectivity index (χ3n) is 6.07. The van der Waals surface area contributed by atoms with Gasteiger partial charge in [-0.05, 0) is 44.0 Å². The summed E-state index contributed by atoms with van der Waals surface area (Å²) >= 11 is 0. The van der Waals surface area contributed by atoms with Gasteiger partial charge in [0.1, 0.15) is 22.7 Å². The van der Waals surface area contributed by atoms with Crippen LogP contribution in [0.15, 0.2) is 53.1 Å². The van der Waals surface area contributed by atoms with E-state index >= 15 is 0 Å². The number of nitrogens with zero attached hydrogens (tertiary/aromatic N) is 2. The summed E-state index contributed by atoms with van der Waals surface area (Å²) in [7, 11) is 0. The molecular formula is C25H24FN5O5. The van der Waals surface area contributed by atoms with E-state index in [1.165, 1.54) is 12.1 Å². The first-order valence-electron chi connectivity index (χ1n) is 11.2. The average molecular weight is 493 g/mol. The lowest BCUT2D eigenvalue weighted by Crippen LogP contribution is -2.43. The van der Waals surface area contributed by atoms with Crippen LogP contribution in [0.25, 0.3) is 0 Å². The molecule has 1 aliphatic rings. The Labute approximate surface area is 205 Å². The van der Waals surface area contributed by atoms with E-state index in [-0.39, 0.29) is 17.7 Å². The van der Waals surface area contributed by atoms with Crippen molar-refractivity contribution in [3.8, 4) is 0 Å². The maximum Gasteiger partial charge on any atom is 0.325 e. The molecule has 186 valence electrons. The fraction of sp³-hybridized carbons (Fsp3) is 0.240. The molecule has 0 aliphatic carbocycles. The summed E-state index contributed by atoms with van der Waals surface area (Å²) < 4.78 is 19.8. The smallest absolute Gasteiger partial charge is 0.325 e. The Bertz CT molecular complexity index is 1340. The third kappa shape index (κ3) is 4.42. The minimum Gasteiger partial charge on any atom is -0.359 e. The minimum atomic E-state index is -1.29. The third-order valence-corrected chi connectivity index (χ3v) is 6.07. The highest BCUT2D eigenvalue weighted by atomic mass is 19.1. The van der Waals surface area contributed by atoms with E-state index in [0.717, 1.165) is 11.0 Å². The van der Waals surface area contributed by atoms with Crippen molar-refractivity contribution in [3.05, 3.63) is 76.9 Å². The molecule has 1 unspecified atom stereocenters. The molecule has 1 aromatic heterocycles. The molecule has 11 heteroatoms.